The van der Waals surface area contributed by atoms with Crippen LogP contribution in [-0.4, -0.2) is 66.2 Å². The zero-order valence-electron chi connectivity index (χ0n) is 19.1. The molecular formula is C23H28F3N3O5S. The quantitative estimate of drug-likeness (QED) is 0.591. The van der Waals surface area contributed by atoms with Crippen LogP contribution in [0.1, 0.15) is 44.9 Å². The Morgan fingerprint density at radius 3 is 2.26 bits per heavy atom. The number of rotatable bonds is 7. The van der Waals surface area contributed by atoms with Gasteiger partial charge >= 0.3 is 12.1 Å². The van der Waals surface area contributed by atoms with Gasteiger partial charge in [-0.15, -0.1) is 0 Å². The summed E-state index contributed by atoms with van der Waals surface area (Å²) in [7, 11) is -3.28. The number of nitrogens with zero attached hydrogens (tertiary/aromatic N) is 3. The number of carbonyl (C=O) groups is 1. The highest BCUT2D eigenvalue weighted by Gasteiger charge is 2.46. The molecule has 192 valence electrons. The van der Waals surface area contributed by atoms with Crippen LogP contribution in [-0.2, 0) is 14.8 Å². The normalized spacial score (nSPS) is 23.1. The molecule has 0 unspecified atom stereocenters. The lowest BCUT2D eigenvalue weighted by Gasteiger charge is -2.33. The Morgan fingerprint density at radius 2 is 1.71 bits per heavy atom. The summed E-state index contributed by atoms with van der Waals surface area (Å²) >= 11 is 0. The highest BCUT2D eigenvalue weighted by molar-refractivity contribution is 7.89. The third-order valence-electron chi connectivity index (χ3n) is 6.73. The van der Waals surface area contributed by atoms with E-state index in [2.05, 4.69) is 11.7 Å². The van der Waals surface area contributed by atoms with E-state index in [1.807, 2.05) is 0 Å². The van der Waals surface area contributed by atoms with Crippen molar-refractivity contribution in [1.29, 1.82) is 0 Å². The molecule has 1 aromatic carbocycles. The number of hydrazone groups is 1. The molecule has 1 saturated heterocycles. The van der Waals surface area contributed by atoms with Crippen LogP contribution in [0, 0.1) is 0 Å². The summed E-state index contributed by atoms with van der Waals surface area (Å²) in [5, 5.41) is 13.5. The summed E-state index contributed by atoms with van der Waals surface area (Å²) in [5.41, 5.74) is -1.30. The summed E-state index contributed by atoms with van der Waals surface area (Å²) < 4.78 is 73.0. The van der Waals surface area contributed by atoms with Crippen molar-refractivity contribution >= 4 is 27.4 Å². The second-order valence-corrected chi connectivity index (χ2v) is 11.3. The summed E-state index contributed by atoms with van der Waals surface area (Å²) in [6.07, 6.45) is -1.09. The van der Waals surface area contributed by atoms with Gasteiger partial charge in [-0.2, -0.15) is 18.3 Å². The third kappa shape index (κ3) is 5.48. The van der Waals surface area contributed by atoms with E-state index in [1.165, 1.54) is 12.1 Å². The Kier molecular flexibility index (Phi) is 7.14. The van der Waals surface area contributed by atoms with Crippen LogP contribution in [0.3, 0.4) is 0 Å². The molecule has 12 heteroatoms. The molecule has 4 rings (SSSR count). The van der Waals surface area contributed by atoms with Crippen molar-refractivity contribution in [2.75, 3.05) is 18.1 Å². The summed E-state index contributed by atoms with van der Waals surface area (Å²) in [5.74, 6) is -0.778. The average Bonchev–Trinajstić information content (AvgIpc) is 3.44. The van der Waals surface area contributed by atoms with E-state index in [0.29, 0.717) is 31.7 Å². The zero-order chi connectivity index (χ0) is 25.4. The van der Waals surface area contributed by atoms with Crippen molar-refractivity contribution in [2.45, 2.75) is 68.5 Å². The van der Waals surface area contributed by atoms with Crippen LogP contribution >= 0.6 is 0 Å². The molecule has 0 radical (unpaired) electrons. The number of sulfonamides is 1. The molecule has 1 N–H and O–H groups in total. The molecule has 0 amide bonds. The second kappa shape index (κ2) is 9.81. The summed E-state index contributed by atoms with van der Waals surface area (Å²) in [4.78, 5) is 11.2. The molecule has 8 nitrogen and oxygen atoms in total. The first-order valence-corrected chi connectivity index (χ1v) is 13.1. The minimum Gasteiger partial charge on any atom is -0.490 e. The standard InChI is InChI=1S/C23H28F3N3O5S/c1-15-20(14-21(30)31)29(27-22(15)23(24,25)26)16-6-8-17(9-7-16)34-18-10-12-28(13-11-18)35(32,33)19-4-2-3-5-19/h6-9,18-20H,1-5,10-14H2,(H,30,31)/t20-/m0/s1. The number of ether oxygens (including phenoxy) is 1. The molecule has 0 aromatic heterocycles. The van der Waals surface area contributed by atoms with E-state index < -0.39 is 40.3 Å². The first kappa shape index (κ1) is 25.5. The van der Waals surface area contributed by atoms with Gasteiger partial charge in [-0.1, -0.05) is 19.4 Å². The van der Waals surface area contributed by atoms with E-state index in [0.717, 1.165) is 30.7 Å². The first-order chi connectivity index (χ1) is 16.5. The lowest BCUT2D eigenvalue weighted by molar-refractivity contribution is -0.137. The van der Waals surface area contributed by atoms with Gasteiger partial charge in [-0.05, 0) is 49.9 Å². The fourth-order valence-electron chi connectivity index (χ4n) is 4.87. The predicted octanol–water partition coefficient (Wildman–Crippen LogP) is 3.94. The lowest BCUT2D eigenvalue weighted by Crippen LogP contribution is -2.45. The number of anilines is 1. The van der Waals surface area contributed by atoms with Gasteiger partial charge in [0.25, 0.3) is 0 Å². The highest BCUT2D eigenvalue weighted by atomic mass is 32.2. The van der Waals surface area contributed by atoms with Gasteiger partial charge in [0.1, 0.15) is 11.9 Å². The first-order valence-electron chi connectivity index (χ1n) is 11.6. The monoisotopic (exact) mass is 515 g/mol. The van der Waals surface area contributed by atoms with Crippen LogP contribution in [0.4, 0.5) is 18.9 Å². The number of carboxylic acids is 1. The van der Waals surface area contributed by atoms with Crippen LogP contribution < -0.4 is 9.75 Å². The predicted molar refractivity (Wildman–Crippen MR) is 124 cm³/mol. The van der Waals surface area contributed by atoms with Gasteiger partial charge in [0, 0.05) is 18.7 Å². The van der Waals surface area contributed by atoms with E-state index >= 15 is 0 Å². The second-order valence-electron chi connectivity index (χ2n) is 9.09. The number of aliphatic carboxylic acids is 1. The number of benzene rings is 1. The van der Waals surface area contributed by atoms with E-state index in [4.69, 9.17) is 9.84 Å². The molecule has 2 fully saturated rings. The van der Waals surface area contributed by atoms with Crippen LogP contribution in [0.5, 0.6) is 5.75 Å². The summed E-state index contributed by atoms with van der Waals surface area (Å²) in [6.45, 7) is 4.21. The smallest absolute Gasteiger partial charge is 0.435 e. The van der Waals surface area contributed by atoms with Gasteiger partial charge < -0.3 is 9.84 Å². The van der Waals surface area contributed by atoms with Gasteiger partial charge in [0.15, 0.2) is 5.71 Å². The molecule has 1 saturated carbocycles. The number of hydrogen-bond acceptors (Lipinski definition) is 6. The number of piperidine rings is 1. The maximum atomic E-state index is 13.3. The molecule has 0 bridgehead atoms. The van der Waals surface area contributed by atoms with Gasteiger partial charge in [0.05, 0.1) is 23.4 Å². The third-order valence-corrected chi connectivity index (χ3v) is 9.13. The highest BCUT2D eigenvalue weighted by Crippen LogP contribution is 2.36. The Morgan fingerprint density at radius 1 is 1.11 bits per heavy atom. The van der Waals surface area contributed by atoms with Gasteiger partial charge in [-0.3, -0.25) is 9.80 Å². The summed E-state index contributed by atoms with van der Waals surface area (Å²) in [6, 6.07) is 5.04. The molecule has 3 aliphatic rings. The fourth-order valence-corrected chi connectivity index (χ4v) is 6.94. The zero-order valence-corrected chi connectivity index (χ0v) is 19.9. The lowest BCUT2D eigenvalue weighted by atomic mass is 10.0. The maximum Gasteiger partial charge on any atom is 0.435 e. The van der Waals surface area contributed by atoms with Gasteiger partial charge in [0.2, 0.25) is 10.0 Å². The Hall–Kier alpha value is -2.60. The van der Waals surface area contributed by atoms with Crippen molar-refractivity contribution in [1.82, 2.24) is 4.31 Å². The van der Waals surface area contributed by atoms with Gasteiger partial charge in [-0.25, -0.2) is 12.7 Å². The van der Waals surface area contributed by atoms with Crippen LogP contribution in [0.2, 0.25) is 0 Å². The Balaban J connectivity index is 1.39. The number of alkyl halides is 3. The van der Waals surface area contributed by atoms with E-state index in [9.17, 15) is 26.4 Å². The van der Waals surface area contributed by atoms with Crippen molar-refractivity contribution in [3.8, 4) is 5.75 Å². The number of carboxylic acid groups (broad SMARTS) is 1. The van der Waals surface area contributed by atoms with Crippen molar-refractivity contribution in [3.05, 3.63) is 36.4 Å². The Labute approximate surface area is 202 Å². The molecular weight excluding hydrogens is 487 g/mol. The molecule has 0 spiro atoms. The molecule has 2 heterocycles. The minimum atomic E-state index is -4.74. The SMILES string of the molecule is C=C1C(C(F)(F)F)=NN(c2ccc(OC3CCN(S(=O)(=O)C4CCCC4)CC3)cc2)[C@H]1CC(=O)O. The molecule has 1 aliphatic carbocycles. The topological polar surface area (TPSA) is 99.5 Å². The van der Waals surface area contributed by atoms with Crippen molar-refractivity contribution < 1.29 is 36.2 Å². The molecule has 1 aromatic rings. The van der Waals surface area contributed by atoms with E-state index in [1.54, 1.807) is 16.4 Å². The fraction of sp³-hybridized carbons (Fsp3) is 0.565. The Bertz CT molecular complexity index is 1090. The average molecular weight is 516 g/mol. The maximum absolute atomic E-state index is 13.3. The van der Waals surface area contributed by atoms with Crippen molar-refractivity contribution in [3.63, 3.8) is 0 Å². The molecule has 2 aliphatic heterocycles. The number of halogens is 3. The van der Waals surface area contributed by atoms with Crippen LogP contribution in [0.25, 0.3) is 0 Å². The minimum absolute atomic E-state index is 0.183. The largest absolute Gasteiger partial charge is 0.490 e. The molecule has 35 heavy (non-hydrogen) atoms. The van der Waals surface area contributed by atoms with E-state index in [-0.39, 0.29) is 22.6 Å². The number of hydrogen-bond donors (Lipinski definition) is 1. The van der Waals surface area contributed by atoms with Crippen molar-refractivity contribution in [2.24, 2.45) is 5.10 Å². The van der Waals surface area contributed by atoms with Crippen LogP contribution in [0.15, 0.2) is 41.5 Å². The molecule has 1 atom stereocenters.